The molecule has 0 aromatic heterocycles. The van der Waals surface area contributed by atoms with Gasteiger partial charge in [0.15, 0.2) is 6.10 Å². The van der Waals surface area contributed by atoms with Crippen LogP contribution in [0.4, 0.5) is 28.9 Å². The van der Waals surface area contributed by atoms with Crippen molar-refractivity contribution >= 4 is 17.3 Å². The quantitative estimate of drug-likeness (QED) is 0.826. The molecule has 0 fully saturated rings. The van der Waals surface area contributed by atoms with Crippen molar-refractivity contribution in [3.05, 3.63) is 48.3 Å². The number of carbonyl (C=O) groups is 1. The second-order valence-electron chi connectivity index (χ2n) is 5.19. The second kappa shape index (κ2) is 6.50. The maximum Gasteiger partial charge on any atom is 0.573 e. The van der Waals surface area contributed by atoms with Crippen LogP contribution in [0.25, 0.3) is 0 Å². The zero-order chi connectivity index (χ0) is 18.0. The number of rotatable bonds is 3. The van der Waals surface area contributed by atoms with Crippen LogP contribution in [0.15, 0.2) is 42.5 Å². The summed E-state index contributed by atoms with van der Waals surface area (Å²) in [4.78, 5) is 12.2. The van der Waals surface area contributed by atoms with E-state index in [2.05, 4.69) is 15.4 Å². The highest BCUT2D eigenvalue weighted by Crippen LogP contribution is 2.30. The van der Waals surface area contributed by atoms with Crippen LogP contribution in [-0.2, 0) is 4.79 Å². The molecule has 0 saturated carbocycles. The Bertz CT molecular complexity index is 795. The molecule has 1 aliphatic heterocycles. The molecule has 1 unspecified atom stereocenters. The number of hydrogen-bond acceptors (Lipinski definition) is 4. The number of benzene rings is 2. The van der Waals surface area contributed by atoms with Crippen molar-refractivity contribution in [1.82, 2.24) is 0 Å². The second-order valence-corrected chi connectivity index (χ2v) is 5.19. The molecule has 0 radical (unpaired) electrons. The van der Waals surface area contributed by atoms with Gasteiger partial charge < -0.3 is 20.1 Å². The number of carbonyl (C=O) groups excluding carboxylic acids is 1. The lowest BCUT2D eigenvalue weighted by Gasteiger charge is -2.26. The molecule has 2 aromatic carbocycles. The Morgan fingerprint density at radius 1 is 1.24 bits per heavy atom. The molecule has 2 aromatic rings. The minimum Gasteiger partial charge on any atom is -0.476 e. The molecule has 5 nitrogen and oxygen atoms in total. The van der Waals surface area contributed by atoms with Gasteiger partial charge in [-0.25, -0.2) is 4.39 Å². The van der Waals surface area contributed by atoms with Crippen molar-refractivity contribution in [3.63, 3.8) is 0 Å². The summed E-state index contributed by atoms with van der Waals surface area (Å²) in [5.74, 6) is -1.38. The van der Waals surface area contributed by atoms with Gasteiger partial charge in [-0.1, -0.05) is 6.07 Å². The number of alkyl halides is 3. The van der Waals surface area contributed by atoms with Gasteiger partial charge in [0.1, 0.15) is 17.3 Å². The van der Waals surface area contributed by atoms with Crippen LogP contribution in [0.3, 0.4) is 0 Å². The largest absolute Gasteiger partial charge is 0.573 e. The van der Waals surface area contributed by atoms with E-state index in [0.717, 1.165) is 18.2 Å². The standard InChI is InChI=1S/C16H12F4N2O3/c17-9-4-5-12-13(6-9)24-14(8-21-12)15(23)22-10-2-1-3-11(7-10)25-16(18,19)20/h1-7,14,21H,8H2,(H,22,23). The minimum atomic E-state index is -4.83. The normalized spacial score (nSPS) is 16.2. The summed E-state index contributed by atoms with van der Waals surface area (Å²) in [5, 5.41) is 5.36. The van der Waals surface area contributed by atoms with E-state index in [1.54, 1.807) is 0 Å². The lowest BCUT2D eigenvalue weighted by atomic mass is 10.2. The molecule has 1 heterocycles. The molecule has 1 amide bonds. The summed E-state index contributed by atoms with van der Waals surface area (Å²) in [6, 6.07) is 8.74. The van der Waals surface area contributed by atoms with Crippen molar-refractivity contribution in [2.24, 2.45) is 0 Å². The third-order valence-electron chi connectivity index (χ3n) is 3.32. The minimum absolute atomic E-state index is 0.111. The van der Waals surface area contributed by atoms with Crippen molar-refractivity contribution in [1.29, 1.82) is 0 Å². The Balaban J connectivity index is 1.68. The van der Waals surface area contributed by atoms with E-state index in [1.165, 1.54) is 24.3 Å². The monoisotopic (exact) mass is 356 g/mol. The van der Waals surface area contributed by atoms with Crippen molar-refractivity contribution in [2.75, 3.05) is 17.2 Å². The summed E-state index contributed by atoms with van der Waals surface area (Å²) in [6.45, 7) is 0.128. The molecule has 9 heteroatoms. The summed E-state index contributed by atoms with van der Waals surface area (Å²) in [7, 11) is 0. The first kappa shape index (κ1) is 16.9. The van der Waals surface area contributed by atoms with Gasteiger partial charge in [0, 0.05) is 17.8 Å². The topological polar surface area (TPSA) is 59.6 Å². The highest BCUT2D eigenvalue weighted by molar-refractivity contribution is 5.95. The molecule has 0 aliphatic carbocycles. The van der Waals surface area contributed by atoms with E-state index in [4.69, 9.17) is 4.74 Å². The highest BCUT2D eigenvalue weighted by Gasteiger charge is 2.31. The van der Waals surface area contributed by atoms with Gasteiger partial charge in [0.05, 0.1) is 12.2 Å². The van der Waals surface area contributed by atoms with Crippen molar-refractivity contribution < 1.29 is 31.8 Å². The highest BCUT2D eigenvalue weighted by atomic mass is 19.4. The molecule has 1 aliphatic rings. The number of nitrogens with one attached hydrogen (secondary N) is 2. The molecule has 0 spiro atoms. The van der Waals surface area contributed by atoms with Crippen LogP contribution >= 0.6 is 0 Å². The van der Waals surface area contributed by atoms with E-state index < -0.39 is 29.9 Å². The fourth-order valence-corrected chi connectivity index (χ4v) is 2.28. The van der Waals surface area contributed by atoms with E-state index in [0.29, 0.717) is 5.69 Å². The van der Waals surface area contributed by atoms with E-state index in [9.17, 15) is 22.4 Å². The number of hydrogen-bond donors (Lipinski definition) is 2. The van der Waals surface area contributed by atoms with E-state index >= 15 is 0 Å². The summed E-state index contributed by atoms with van der Waals surface area (Å²) < 4.78 is 59.2. The average molecular weight is 356 g/mol. The maximum atomic E-state index is 13.2. The SMILES string of the molecule is O=C(Nc1cccc(OC(F)(F)F)c1)C1CNc2ccc(F)cc2O1. The van der Waals surface area contributed by atoms with Gasteiger partial charge in [0.25, 0.3) is 5.91 Å². The molecule has 25 heavy (non-hydrogen) atoms. The zero-order valence-corrected chi connectivity index (χ0v) is 12.6. The Hall–Kier alpha value is -2.97. The molecule has 132 valence electrons. The van der Waals surface area contributed by atoms with Crippen LogP contribution < -0.4 is 20.1 Å². The van der Waals surface area contributed by atoms with Crippen molar-refractivity contribution in [2.45, 2.75) is 12.5 Å². The van der Waals surface area contributed by atoms with Gasteiger partial charge in [0.2, 0.25) is 0 Å². The number of amides is 1. The predicted molar refractivity (Wildman–Crippen MR) is 81.1 cm³/mol. The Labute approximate surface area is 139 Å². The molecule has 1 atom stereocenters. The third-order valence-corrected chi connectivity index (χ3v) is 3.32. The lowest BCUT2D eigenvalue weighted by molar-refractivity contribution is -0.274. The van der Waals surface area contributed by atoms with Crippen LogP contribution in [0, 0.1) is 5.82 Å². The van der Waals surface area contributed by atoms with E-state index in [-0.39, 0.29) is 18.0 Å². The Morgan fingerprint density at radius 2 is 2.04 bits per heavy atom. The van der Waals surface area contributed by atoms with Gasteiger partial charge in [-0.15, -0.1) is 13.2 Å². The first-order chi connectivity index (χ1) is 11.8. The Morgan fingerprint density at radius 3 is 2.80 bits per heavy atom. The van der Waals surface area contributed by atoms with Gasteiger partial charge in [-0.05, 0) is 24.3 Å². The number of fused-ring (bicyclic) bond motifs is 1. The fourth-order valence-electron chi connectivity index (χ4n) is 2.28. The molecular weight excluding hydrogens is 344 g/mol. The van der Waals surface area contributed by atoms with Crippen molar-refractivity contribution in [3.8, 4) is 11.5 Å². The summed E-state index contributed by atoms with van der Waals surface area (Å²) in [5.41, 5.74) is 0.659. The van der Waals surface area contributed by atoms with Crippen LogP contribution in [0.2, 0.25) is 0 Å². The predicted octanol–water partition coefficient (Wildman–Crippen LogP) is 3.54. The summed E-state index contributed by atoms with van der Waals surface area (Å²) in [6.07, 6.45) is -5.80. The average Bonchev–Trinajstić information content (AvgIpc) is 2.52. The Kier molecular flexibility index (Phi) is 4.39. The molecule has 3 rings (SSSR count). The number of ether oxygens (including phenoxy) is 2. The van der Waals surface area contributed by atoms with Gasteiger partial charge in [-0.2, -0.15) is 0 Å². The number of halogens is 4. The summed E-state index contributed by atoms with van der Waals surface area (Å²) >= 11 is 0. The smallest absolute Gasteiger partial charge is 0.476 e. The van der Waals surface area contributed by atoms with E-state index in [1.807, 2.05) is 0 Å². The first-order valence-corrected chi connectivity index (χ1v) is 7.17. The van der Waals surface area contributed by atoms with Crippen LogP contribution in [0.1, 0.15) is 0 Å². The lowest BCUT2D eigenvalue weighted by Crippen LogP contribution is -2.41. The number of anilines is 2. The molecule has 0 saturated heterocycles. The fraction of sp³-hybridized carbons (Fsp3) is 0.188. The van der Waals surface area contributed by atoms with Crippen LogP contribution in [0.5, 0.6) is 11.5 Å². The van der Waals surface area contributed by atoms with Gasteiger partial charge in [-0.3, -0.25) is 4.79 Å². The zero-order valence-electron chi connectivity index (χ0n) is 12.6. The molecule has 0 bridgehead atoms. The third kappa shape index (κ3) is 4.31. The molecule has 2 N–H and O–H groups in total. The van der Waals surface area contributed by atoms with Crippen LogP contribution in [-0.4, -0.2) is 24.9 Å². The van der Waals surface area contributed by atoms with Gasteiger partial charge >= 0.3 is 6.36 Å². The molecular formula is C16H12F4N2O3. The first-order valence-electron chi connectivity index (χ1n) is 7.17. The maximum absolute atomic E-state index is 13.2.